The normalized spacial score (nSPS) is 10.9. The van der Waals surface area contributed by atoms with Gasteiger partial charge in [-0.3, -0.25) is 4.79 Å². The van der Waals surface area contributed by atoms with Crippen molar-refractivity contribution in [2.24, 2.45) is 5.92 Å². The zero-order valence-corrected chi connectivity index (χ0v) is 9.94. The molecule has 0 atom stereocenters. The molecule has 1 amide bonds. The highest BCUT2D eigenvalue weighted by Crippen LogP contribution is 2.00. The van der Waals surface area contributed by atoms with Crippen molar-refractivity contribution < 1.29 is 4.79 Å². The van der Waals surface area contributed by atoms with E-state index in [1.54, 1.807) is 0 Å². The quantitative estimate of drug-likeness (QED) is 0.807. The summed E-state index contributed by atoms with van der Waals surface area (Å²) >= 11 is 0. The summed E-state index contributed by atoms with van der Waals surface area (Å²) in [5.41, 5.74) is 1.15. The number of rotatable bonds is 5. The van der Waals surface area contributed by atoms with Crippen LogP contribution in [0, 0.1) is 5.92 Å². The summed E-state index contributed by atoms with van der Waals surface area (Å²) in [4.78, 5) is 11.3. The fourth-order valence-electron chi connectivity index (χ4n) is 1.37. The number of nitrogens with one attached hydrogen (secondary N) is 1. The lowest BCUT2D eigenvalue weighted by molar-refractivity contribution is -0.121. The standard InChI is InChI=1S/C14H19NO/c1-12(2)11-14(16)15-10-6-9-13-7-4-3-5-8-13/h3-9,12H,10-11H2,1-2H3,(H,15,16)/b9-6+. The van der Waals surface area contributed by atoms with Crippen LogP contribution in [0.5, 0.6) is 0 Å². The zero-order chi connectivity index (χ0) is 11.8. The molecule has 0 saturated carbocycles. The van der Waals surface area contributed by atoms with E-state index in [-0.39, 0.29) is 5.91 Å². The molecular weight excluding hydrogens is 198 g/mol. The average Bonchev–Trinajstić information content (AvgIpc) is 2.25. The molecule has 0 aliphatic heterocycles. The Kier molecular flexibility index (Phi) is 5.34. The van der Waals surface area contributed by atoms with Crippen LogP contribution in [0.3, 0.4) is 0 Å². The van der Waals surface area contributed by atoms with Gasteiger partial charge in [-0.15, -0.1) is 0 Å². The molecule has 86 valence electrons. The van der Waals surface area contributed by atoms with E-state index < -0.39 is 0 Å². The van der Waals surface area contributed by atoms with Gasteiger partial charge in [0, 0.05) is 13.0 Å². The van der Waals surface area contributed by atoms with Crippen molar-refractivity contribution in [3.8, 4) is 0 Å². The lowest BCUT2D eigenvalue weighted by atomic mass is 10.1. The molecule has 0 saturated heterocycles. The van der Waals surface area contributed by atoms with Gasteiger partial charge in [-0.2, -0.15) is 0 Å². The van der Waals surface area contributed by atoms with Crippen molar-refractivity contribution in [3.05, 3.63) is 42.0 Å². The van der Waals surface area contributed by atoms with E-state index in [4.69, 9.17) is 0 Å². The maximum Gasteiger partial charge on any atom is 0.220 e. The van der Waals surface area contributed by atoms with Crippen molar-refractivity contribution in [1.82, 2.24) is 5.32 Å². The van der Waals surface area contributed by atoms with E-state index in [2.05, 4.69) is 5.32 Å². The Hall–Kier alpha value is -1.57. The second kappa shape index (κ2) is 6.83. The van der Waals surface area contributed by atoms with E-state index in [1.165, 1.54) is 0 Å². The Morgan fingerprint density at radius 1 is 1.31 bits per heavy atom. The highest BCUT2D eigenvalue weighted by Gasteiger charge is 2.01. The second-order valence-electron chi connectivity index (χ2n) is 4.22. The molecule has 0 heterocycles. The van der Waals surface area contributed by atoms with Crippen molar-refractivity contribution in [3.63, 3.8) is 0 Å². The van der Waals surface area contributed by atoms with Crippen LogP contribution in [0.15, 0.2) is 36.4 Å². The summed E-state index contributed by atoms with van der Waals surface area (Å²) in [6.45, 7) is 4.68. The summed E-state index contributed by atoms with van der Waals surface area (Å²) in [6.07, 6.45) is 4.57. The van der Waals surface area contributed by atoms with Crippen LogP contribution in [-0.2, 0) is 4.79 Å². The van der Waals surface area contributed by atoms with Crippen LogP contribution in [0.2, 0.25) is 0 Å². The molecule has 1 rings (SSSR count). The first-order valence-electron chi connectivity index (χ1n) is 5.67. The van der Waals surface area contributed by atoms with Gasteiger partial charge < -0.3 is 5.32 Å². The molecule has 1 aromatic carbocycles. The lowest BCUT2D eigenvalue weighted by Crippen LogP contribution is -2.24. The van der Waals surface area contributed by atoms with Crippen LogP contribution < -0.4 is 5.32 Å². The molecule has 2 heteroatoms. The minimum absolute atomic E-state index is 0.118. The molecule has 0 aromatic heterocycles. The minimum atomic E-state index is 0.118. The predicted octanol–water partition coefficient (Wildman–Crippen LogP) is 2.86. The van der Waals surface area contributed by atoms with E-state index in [1.807, 2.05) is 56.3 Å². The molecule has 1 N–H and O–H groups in total. The van der Waals surface area contributed by atoms with Crippen LogP contribution in [0.4, 0.5) is 0 Å². The van der Waals surface area contributed by atoms with E-state index >= 15 is 0 Å². The number of benzene rings is 1. The van der Waals surface area contributed by atoms with Gasteiger partial charge in [0.15, 0.2) is 0 Å². The van der Waals surface area contributed by atoms with Gasteiger partial charge in [0.2, 0.25) is 5.91 Å². The van der Waals surface area contributed by atoms with Gasteiger partial charge in [0.05, 0.1) is 0 Å². The largest absolute Gasteiger partial charge is 0.353 e. The first kappa shape index (κ1) is 12.5. The minimum Gasteiger partial charge on any atom is -0.353 e. The van der Waals surface area contributed by atoms with Crippen LogP contribution in [-0.4, -0.2) is 12.5 Å². The Labute approximate surface area is 97.4 Å². The Bertz CT molecular complexity index is 341. The molecule has 0 unspecified atom stereocenters. The van der Waals surface area contributed by atoms with Gasteiger partial charge in [0.25, 0.3) is 0 Å². The number of amides is 1. The molecule has 2 nitrogen and oxygen atoms in total. The summed E-state index contributed by atoms with van der Waals surface area (Å²) in [5.74, 6) is 0.533. The maximum atomic E-state index is 11.3. The smallest absolute Gasteiger partial charge is 0.220 e. The first-order chi connectivity index (χ1) is 7.68. The molecule has 0 fully saturated rings. The molecule has 0 bridgehead atoms. The van der Waals surface area contributed by atoms with E-state index in [9.17, 15) is 4.79 Å². The zero-order valence-electron chi connectivity index (χ0n) is 9.94. The monoisotopic (exact) mass is 217 g/mol. The van der Waals surface area contributed by atoms with Gasteiger partial charge >= 0.3 is 0 Å². The number of hydrogen-bond donors (Lipinski definition) is 1. The second-order valence-corrected chi connectivity index (χ2v) is 4.22. The molecule has 0 spiro atoms. The topological polar surface area (TPSA) is 29.1 Å². The third kappa shape index (κ3) is 5.35. The molecule has 0 aliphatic carbocycles. The average molecular weight is 217 g/mol. The van der Waals surface area contributed by atoms with Crippen LogP contribution in [0.1, 0.15) is 25.8 Å². The summed E-state index contributed by atoms with van der Waals surface area (Å²) in [6, 6.07) is 10.1. The van der Waals surface area contributed by atoms with Gasteiger partial charge in [-0.1, -0.05) is 56.3 Å². The van der Waals surface area contributed by atoms with Crippen molar-refractivity contribution in [2.75, 3.05) is 6.54 Å². The highest BCUT2D eigenvalue weighted by molar-refractivity contribution is 5.76. The summed E-state index contributed by atoms with van der Waals surface area (Å²) in [7, 11) is 0. The van der Waals surface area contributed by atoms with Crippen LogP contribution >= 0.6 is 0 Å². The van der Waals surface area contributed by atoms with Crippen molar-refractivity contribution in [2.45, 2.75) is 20.3 Å². The van der Waals surface area contributed by atoms with Gasteiger partial charge in [-0.25, -0.2) is 0 Å². The van der Waals surface area contributed by atoms with Crippen LogP contribution in [0.25, 0.3) is 6.08 Å². The van der Waals surface area contributed by atoms with E-state index in [0.717, 1.165) is 5.56 Å². The third-order valence-electron chi connectivity index (χ3n) is 2.12. The number of carbonyl (C=O) groups is 1. The first-order valence-corrected chi connectivity index (χ1v) is 5.67. The SMILES string of the molecule is CC(C)CC(=O)NC/C=C/c1ccccc1. The van der Waals surface area contributed by atoms with Crippen molar-refractivity contribution in [1.29, 1.82) is 0 Å². The molecular formula is C14H19NO. The predicted molar refractivity (Wildman–Crippen MR) is 67.9 cm³/mol. The maximum absolute atomic E-state index is 11.3. The number of carbonyl (C=O) groups excluding carboxylic acids is 1. The van der Waals surface area contributed by atoms with Gasteiger partial charge in [-0.05, 0) is 11.5 Å². The Morgan fingerprint density at radius 2 is 2.00 bits per heavy atom. The molecule has 0 aliphatic rings. The Morgan fingerprint density at radius 3 is 2.62 bits per heavy atom. The molecule has 1 aromatic rings. The summed E-state index contributed by atoms with van der Waals surface area (Å²) in [5, 5.41) is 2.86. The number of hydrogen-bond acceptors (Lipinski definition) is 1. The fraction of sp³-hybridized carbons (Fsp3) is 0.357. The van der Waals surface area contributed by atoms with E-state index in [0.29, 0.717) is 18.9 Å². The third-order valence-corrected chi connectivity index (χ3v) is 2.12. The van der Waals surface area contributed by atoms with Gasteiger partial charge in [0.1, 0.15) is 0 Å². The van der Waals surface area contributed by atoms with Crippen molar-refractivity contribution >= 4 is 12.0 Å². The molecule has 0 radical (unpaired) electrons. The fourth-order valence-corrected chi connectivity index (χ4v) is 1.37. The Balaban J connectivity index is 2.25. The highest BCUT2D eigenvalue weighted by atomic mass is 16.1. The summed E-state index contributed by atoms with van der Waals surface area (Å²) < 4.78 is 0. The molecule has 16 heavy (non-hydrogen) atoms. The lowest BCUT2D eigenvalue weighted by Gasteiger charge is -2.04.